The Labute approximate surface area is 108 Å². The Morgan fingerprint density at radius 3 is 2.44 bits per heavy atom. The molecular formula is C16H19NO. The first-order chi connectivity index (χ1) is 8.70. The van der Waals surface area contributed by atoms with Crippen LogP contribution in [0.4, 0.5) is 0 Å². The highest BCUT2D eigenvalue weighted by Gasteiger charge is 2.06. The molecule has 2 aromatic carbocycles. The molecule has 0 bridgehead atoms. The number of nitrogens with two attached hydrogens (primary N) is 1. The molecule has 0 aliphatic rings. The van der Waals surface area contributed by atoms with Crippen molar-refractivity contribution in [2.45, 2.75) is 19.4 Å². The molecule has 2 nitrogen and oxygen atoms in total. The third-order valence-electron chi connectivity index (χ3n) is 3.14. The van der Waals surface area contributed by atoms with Crippen molar-refractivity contribution in [1.29, 1.82) is 0 Å². The lowest BCUT2D eigenvalue weighted by Gasteiger charge is -2.12. The minimum absolute atomic E-state index is 0.0969. The van der Waals surface area contributed by atoms with Gasteiger partial charge in [0.05, 0.1) is 0 Å². The average Bonchev–Trinajstić information content (AvgIpc) is 2.40. The van der Waals surface area contributed by atoms with Crippen molar-refractivity contribution in [1.82, 2.24) is 0 Å². The second kappa shape index (κ2) is 5.80. The van der Waals surface area contributed by atoms with E-state index < -0.39 is 0 Å². The molecule has 0 fully saturated rings. The first kappa shape index (κ1) is 12.8. The first-order valence-corrected chi connectivity index (χ1v) is 6.24. The van der Waals surface area contributed by atoms with Crippen LogP contribution in [0.15, 0.2) is 48.5 Å². The zero-order chi connectivity index (χ0) is 13.0. The van der Waals surface area contributed by atoms with Gasteiger partial charge in [-0.05, 0) is 36.1 Å². The number of aliphatic hydroxyl groups excluding tert-OH is 1. The molecule has 0 saturated heterocycles. The number of hydrogen-bond acceptors (Lipinski definition) is 2. The molecule has 0 aromatic heterocycles. The minimum atomic E-state index is -0.0969. The molecule has 94 valence electrons. The molecule has 1 unspecified atom stereocenters. The Morgan fingerprint density at radius 2 is 1.78 bits per heavy atom. The van der Waals surface area contributed by atoms with E-state index in [1.54, 1.807) is 0 Å². The van der Waals surface area contributed by atoms with Crippen LogP contribution in [0, 0.1) is 6.92 Å². The van der Waals surface area contributed by atoms with Crippen LogP contribution in [0.5, 0.6) is 0 Å². The van der Waals surface area contributed by atoms with Crippen LogP contribution in [0.1, 0.15) is 23.6 Å². The smallest absolute Gasteiger partial charge is 0.0449 e. The zero-order valence-corrected chi connectivity index (χ0v) is 10.6. The lowest BCUT2D eigenvalue weighted by Crippen LogP contribution is -2.11. The molecule has 3 N–H and O–H groups in total. The monoisotopic (exact) mass is 241 g/mol. The summed E-state index contributed by atoms with van der Waals surface area (Å²) in [6.45, 7) is 2.20. The normalized spacial score (nSPS) is 12.4. The maximum atomic E-state index is 8.93. The Kier molecular flexibility index (Phi) is 4.13. The highest BCUT2D eigenvalue weighted by Crippen LogP contribution is 2.23. The summed E-state index contributed by atoms with van der Waals surface area (Å²) in [5.41, 5.74) is 10.7. The standard InChI is InChI=1S/C16H19NO/c1-12-5-7-13(8-6-12)14-3-2-4-15(11-14)16(17)9-10-18/h2-8,11,16,18H,9-10,17H2,1H3. The largest absolute Gasteiger partial charge is 0.396 e. The van der Waals surface area contributed by atoms with Gasteiger partial charge in [0.1, 0.15) is 0 Å². The van der Waals surface area contributed by atoms with Gasteiger partial charge in [-0.15, -0.1) is 0 Å². The Morgan fingerprint density at radius 1 is 1.06 bits per heavy atom. The van der Waals surface area contributed by atoms with Crippen LogP contribution >= 0.6 is 0 Å². The average molecular weight is 241 g/mol. The highest BCUT2D eigenvalue weighted by molar-refractivity contribution is 5.64. The fourth-order valence-electron chi connectivity index (χ4n) is 2.00. The summed E-state index contributed by atoms with van der Waals surface area (Å²) >= 11 is 0. The molecule has 0 aliphatic heterocycles. The van der Waals surface area contributed by atoms with Gasteiger partial charge in [-0.3, -0.25) is 0 Å². The van der Waals surface area contributed by atoms with E-state index in [2.05, 4.69) is 43.3 Å². The quantitative estimate of drug-likeness (QED) is 0.864. The van der Waals surface area contributed by atoms with Crippen molar-refractivity contribution in [3.8, 4) is 11.1 Å². The van der Waals surface area contributed by atoms with Crippen molar-refractivity contribution in [2.24, 2.45) is 5.73 Å². The number of aliphatic hydroxyl groups is 1. The summed E-state index contributed by atoms with van der Waals surface area (Å²) in [5, 5.41) is 8.93. The van der Waals surface area contributed by atoms with Crippen LogP contribution < -0.4 is 5.73 Å². The van der Waals surface area contributed by atoms with Crippen molar-refractivity contribution in [3.63, 3.8) is 0 Å². The lowest BCUT2D eigenvalue weighted by molar-refractivity contribution is 0.276. The fraction of sp³-hybridized carbons (Fsp3) is 0.250. The third-order valence-corrected chi connectivity index (χ3v) is 3.14. The molecule has 1 atom stereocenters. The summed E-state index contributed by atoms with van der Waals surface area (Å²) in [5.74, 6) is 0. The van der Waals surface area contributed by atoms with Crippen LogP contribution in [-0.2, 0) is 0 Å². The third kappa shape index (κ3) is 2.97. The van der Waals surface area contributed by atoms with Gasteiger partial charge < -0.3 is 10.8 Å². The number of rotatable bonds is 4. The van der Waals surface area contributed by atoms with E-state index in [-0.39, 0.29) is 12.6 Å². The molecule has 0 aliphatic carbocycles. The van der Waals surface area contributed by atoms with Gasteiger partial charge in [-0.2, -0.15) is 0 Å². The van der Waals surface area contributed by atoms with Gasteiger partial charge in [-0.25, -0.2) is 0 Å². The molecule has 0 heterocycles. The van der Waals surface area contributed by atoms with Gasteiger partial charge >= 0.3 is 0 Å². The van der Waals surface area contributed by atoms with Gasteiger partial charge in [0, 0.05) is 12.6 Å². The highest BCUT2D eigenvalue weighted by atomic mass is 16.3. The molecule has 0 spiro atoms. The predicted octanol–water partition coefficient (Wildman–Crippen LogP) is 3.04. The van der Waals surface area contributed by atoms with E-state index in [0.29, 0.717) is 6.42 Å². The molecule has 18 heavy (non-hydrogen) atoms. The van der Waals surface area contributed by atoms with Crippen molar-refractivity contribution < 1.29 is 5.11 Å². The molecule has 2 rings (SSSR count). The Bertz CT molecular complexity index is 505. The van der Waals surface area contributed by atoms with E-state index >= 15 is 0 Å². The maximum Gasteiger partial charge on any atom is 0.0449 e. The molecule has 2 aromatic rings. The van der Waals surface area contributed by atoms with Crippen molar-refractivity contribution in [3.05, 3.63) is 59.7 Å². The molecule has 0 radical (unpaired) electrons. The summed E-state index contributed by atoms with van der Waals surface area (Å²) in [4.78, 5) is 0. The number of aryl methyl sites for hydroxylation is 1. The van der Waals surface area contributed by atoms with Gasteiger partial charge in [0.25, 0.3) is 0 Å². The molecular weight excluding hydrogens is 222 g/mol. The van der Waals surface area contributed by atoms with Gasteiger partial charge in [0.2, 0.25) is 0 Å². The Balaban J connectivity index is 2.29. The number of benzene rings is 2. The van der Waals surface area contributed by atoms with E-state index in [0.717, 1.165) is 5.56 Å². The molecule has 2 heteroatoms. The lowest BCUT2D eigenvalue weighted by atomic mass is 9.98. The van der Waals surface area contributed by atoms with E-state index in [9.17, 15) is 0 Å². The van der Waals surface area contributed by atoms with Crippen LogP contribution in [0.2, 0.25) is 0 Å². The predicted molar refractivity (Wildman–Crippen MR) is 75.2 cm³/mol. The van der Waals surface area contributed by atoms with Gasteiger partial charge in [-0.1, -0.05) is 48.0 Å². The second-order valence-electron chi connectivity index (χ2n) is 4.61. The van der Waals surface area contributed by atoms with Crippen LogP contribution in [0.3, 0.4) is 0 Å². The maximum absolute atomic E-state index is 8.93. The van der Waals surface area contributed by atoms with Crippen molar-refractivity contribution >= 4 is 0 Å². The van der Waals surface area contributed by atoms with Gasteiger partial charge in [0.15, 0.2) is 0 Å². The SMILES string of the molecule is Cc1ccc(-c2cccc(C(N)CCO)c2)cc1. The number of hydrogen-bond donors (Lipinski definition) is 2. The Hall–Kier alpha value is -1.64. The van der Waals surface area contributed by atoms with E-state index in [4.69, 9.17) is 10.8 Å². The topological polar surface area (TPSA) is 46.2 Å². The molecule has 0 saturated carbocycles. The summed E-state index contributed by atoms with van der Waals surface area (Å²) in [7, 11) is 0. The van der Waals surface area contributed by atoms with E-state index in [1.165, 1.54) is 16.7 Å². The first-order valence-electron chi connectivity index (χ1n) is 6.24. The summed E-state index contributed by atoms with van der Waals surface area (Å²) < 4.78 is 0. The second-order valence-corrected chi connectivity index (χ2v) is 4.61. The fourth-order valence-corrected chi connectivity index (χ4v) is 2.00. The van der Waals surface area contributed by atoms with E-state index in [1.807, 2.05) is 12.1 Å². The zero-order valence-electron chi connectivity index (χ0n) is 10.6. The molecule has 0 amide bonds. The minimum Gasteiger partial charge on any atom is -0.396 e. The summed E-state index contributed by atoms with van der Waals surface area (Å²) in [6.07, 6.45) is 0.595. The van der Waals surface area contributed by atoms with Crippen LogP contribution in [-0.4, -0.2) is 11.7 Å². The summed E-state index contributed by atoms with van der Waals surface area (Å²) in [6, 6.07) is 16.6. The van der Waals surface area contributed by atoms with Crippen LogP contribution in [0.25, 0.3) is 11.1 Å². The van der Waals surface area contributed by atoms with Crippen molar-refractivity contribution in [2.75, 3.05) is 6.61 Å².